The van der Waals surface area contributed by atoms with Gasteiger partial charge in [-0.2, -0.15) is 0 Å². The molecule has 0 bridgehead atoms. The maximum Gasteiger partial charge on any atom is 0.339 e. The monoisotopic (exact) mass is 333 g/mol. The molecule has 3 N–H and O–H groups in total. The van der Waals surface area contributed by atoms with E-state index in [1.165, 1.54) is 19.1 Å². The van der Waals surface area contributed by atoms with Gasteiger partial charge in [-0.3, -0.25) is 4.79 Å². The molecule has 1 aromatic carbocycles. The molecular formula is C17H19NO6. The molecule has 1 aliphatic heterocycles. The lowest BCUT2D eigenvalue weighted by Gasteiger charge is -2.31. The van der Waals surface area contributed by atoms with E-state index in [2.05, 4.69) is 5.32 Å². The van der Waals surface area contributed by atoms with Gasteiger partial charge in [0.1, 0.15) is 12.2 Å². The summed E-state index contributed by atoms with van der Waals surface area (Å²) in [6.45, 7) is 3.99. The van der Waals surface area contributed by atoms with Crippen molar-refractivity contribution in [1.82, 2.24) is 5.32 Å². The Bertz CT molecular complexity index is 742. The summed E-state index contributed by atoms with van der Waals surface area (Å²) >= 11 is 0. The van der Waals surface area contributed by atoms with E-state index < -0.39 is 23.1 Å². The van der Waals surface area contributed by atoms with Crippen LogP contribution in [0.4, 0.5) is 0 Å². The second-order valence-corrected chi connectivity index (χ2v) is 5.75. The molecule has 3 rings (SSSR count). The van der Waals surface area contributed by atoms with E-state index >= 15 is 0 Å². The highest BCUT2D eigenvalue weighted by molar-refractivity contribution is 6.16. The van der Waals surface area contributed by atoms with E-state index in [1.807, 2.05) is 6.92 Å². The smallest absolute Gasteiger partial charge is 0.339 e. The van der Waals surface area contributed by atoms with Crippen LogP contribution in [-0.2, 0) is 20.0 Å². The Morgan fingerprint density at radius 3 is 2.67 bits per heavy atom. The van der Waals surface area contributed by atoms with Crippen LogP contribution >= 0.6 is 0 Å². The first-order valence-electron chi connectivity index (χ1n) is 7.71. The van der Waals surface area contributed by atoms with Gasteiger partial charge in [0.25, 0.3) is 0 Å². The van der Waals surface area contributed by atoms with Crippen molar-refractivity contribution >= 4 is 11.8 Å². The van der Waals surface area contributed by atoms with E-state index in [0.717, 1.165) is 0 Å². The highest BCUT2D eigenvalue weighted by atomic mass is 16.6. The van der Waals surface area contributed by atoms with Gasteiger partial charge in [-0.1, -0.05) is 24.3 Å². The van der Waals surface area contributed by atoms with Crippen LogP contribution in [0.3, 0.4) is 0 Å². The maximum atomic E-state index is 12.7. The number of benzene rings is 1. The molecule has 0 fully saturated rings. The molecule has 0 amide bonds. The Morgan fingerprint density at radius 1 is 1.25 bits per heavy atom. The average molecular weight is 333 g/mol. The normalized spacial score (nSPS) is 27.8. The standard InChI is InChI=1S/C17H19NO6/c1-3-23-8-9-24-15(20)13-10(2)18-17(22)12-7-5-4-6-11(12)14(19)16(13,17)21/h4-7,18,21-22H,3,8-9H2,1-2H3/t16-,17+/m1/s1. The average Bonchev–Trinajstić information content (AvgIpc) is 2.87. The third kappa shape index (κ3) is 2.02. The Labute approximate surface area is 138 Å². The minimum atomic E-state index is -2.41. The van der Waals surface area contributed by atoms with Crippen molar-refractivity contribution in [2.24, 2.45) is 0 Å². The summed E-state index contributed by atoms with van der Waals surface area (Å²) in [7, 11) is 0. The molecule has 0 spiro atoms. The number of esters is 1. The van der Waals surface area contributed by atoms with E-state index in [0.29, 0.717) is 6.61 Å². The summed E-state index contributed by atoms with van der Waals surface area (Å²) in [6, 6.07) is 6.31. The van der Waals surface area contributed by atoms with Crippen molar-refractivity contribution in [1.29, 1.82) is 0 Å². The van der Waals surface area contributed by atoms with Gasteiger partial charge < -0.3 is 25.0 Å². The van der Waals surface area contributed by atoms with Crippen molar-refractivity contribution in [2.45, 2.75) is 25.2 Å². The van der Waals surface area contributed by atoms with Gasteiger partial charge in [0, 0.05) is 23.4 Å². The van der Waals surface area contributed by atoms with Crippen LogP contribution in [0.1, 0.15) is 29.8 Å². The van der Waals surface area contributed by atoms with Gasteiger partial charge >= 0.3 is 5.97 Å². The lowest BCUT2D eigenvalue weighted by Crippen LogP contribution is -2.56. The van der Waals surface area contributed by atoms with Gasteiger partial charge in [-0.05, 0) is 13.8 Å². The highest BCUT2D eigenvalue weighted by Crippen LogP contribution is 2.51. The molecule has 2 atom stereocenters. The summed E-state index contributed by atoms with van der Waals surface area (Å²) in [4.78, 5) is 25.1. The Balaban J connectivity index is 1.95. The van der Waals surface area contributed by atoms with Gasteiger partial charge in [-0.15, -0.1) is 0 Å². The van der Waals surface area contributed by atoms with Gasteiger partial charge in [0.15, 0.2) is 0 Å². The number of fused-ring (bicyclic) bond motifs is 3. The third-order valence-corrected chi connectivity index (χ3v) is 4.39. The van der Waals surface area contributed by atoms with Crippen molar-refractivity contribution in [3.8, 4) is 0 Å². The van der Waals surface area contributed by atoms with Gasteiger partial charge in [-0.25, -0.2) is 4.79 Å². The number of ether oxygens (including phenoxy) is 2. The van der Waals surface area contributed by atoms with Crippen LogP contribution in [0.25, 0.3) is 0 Å². The molecular weight excluding hydrogens is 314 g/mol. The number of aliphatic hydroxyl groups is 2. The maximum absolute atomic E-state index is 12.7. The lowest BCUT2D eigenvalue weighted by molar-refractivity contribution is -0.148. The number of hydrogen-bond acceptors (Lipinski definition) is 7. The zero-order chi connectivity index (χ0) is 17.5. The van der Waals surface area contributed by atoms with Crippen LogP contribution < -0.4 is 5.32 Å². The number of rotatable bonds is 5. The van der Waals surface area contributed by atoms with Crippen molar-refractivity contribution < 1.29 is 29.3 Å². The van der Waals surface area contributed by atoms with Gasteiger partial charge in [0.05, 0.1) is 6.61 Å². The SMILES string of the molecule is CCOCCOC(=O)C1=C(C)N[C@]2(O)c3ccccc3C(=O)[C@]12O. The quantitative estimate of drug-likeness (QED) is 0.523. The van der Waals surface area contributed by atoms with E-state index in [-0.39, 0.29) is 35.6 Å². The van der Waals surface area contributed by atoms with Crippen molar-refractivity contribution in [3.05, 3.63) is 46.7 Å². The van der Waals surface area contributed by atoms with E-state index in [1.54, 1.807) is 12.1 Å². The molecule has 0 saturated carbocycles. The first kappa shape index (κ1) is 16.6. The predicted octanol–water partition coefficient (Wildman–Crippen LogP) is 0.216. The lowest BCUT2D eigenvalue weighted by atomic mass is 9.85. The summed E-state index contributed by atoms with van der Waals surface area (Å²) in [5.74, 6) is -1.60. The molecule has 2 aliphatic rings. The Kier molecular flexibility index (Phi) is 3.95. The largest absolute Gasteiger partial charge is 0.460 e. The molecule has 1 aliphatic carbocycles. The molecule has 0 unspecified atom stereocenters. The second kappa shape index (κ2) is 5.70. The molecule has 0 radical (unpaired) electrons. The van der Waals surface area contributed by atoms with Crippen molar-refractivity contribution in [2.75, 3.05) is 19.8 Å². The number of carbonyl (C=O) groups is 2. The highest BCUT2D eigenvalue weighted by Gasteiger charge is 2.70. The summed E-state index contributed by atoms with van der Waals surface area (Å²) in [5, 5.41) is 24.7. The zero-order valence-corrected chi connectivity index (χ0v) is 13.5. The first-order valence-corrected chi connectivity index (χ1v) is 7.71. The van der Waals surface area contributed by atoms with Crippen LogP contribution in [0.15, 0.2) is 35.5 Å². The number of Topliss-reactive ketones (excluding diaryl/α,β-unsaturated/α-hetero) is 1. The molecule has 0 saturated heterocycles. The Hall–Kier alpha value is -2.22. The number of hydrogen-bond donors (Lipinski definition) is 3. The first-order chi connectivity index (χ1) is 11.4. The molecule has 7 heteroatoms. The van der Waals surface area contributed by atoms with Crippen LogP contribution in [0.5, 0.6) is 0 Å². The van der Waals surface area contributed by atoms with E-state index in [4.69, 9.17) is 9.47 Å². The fourth-order valence-corrected chi connectivity index (χ4v) is 3.32. The minimum Gasteiger partial charge on any atom is -0.460 e. The van der Waals surface area contributed by atoms with Gasteiger partial charge in [0.2, 0.25) is 17.1 Å². The fraction of sp³-hybridized carbons (Fsp3) is 0.412. The topological polar surface area (TPSA) is 105 Å². The predicted molar refractivity (Wildman–Crippen MR) is 82.9 cm³/mol. The zero-order valence-electron chi connectivity index (χ0n) is 13.5. The number of carbonyl (C=O) groups excluding carboxylic acids is 2. The molecule has 24 heavy (non-hydrogen) atoms. The summed E-state index contributed by atoms with van der Waals surface area (Å²) < 4.78 is 10.2. The number of allylic oxidation sites excluding steroid dienone is 1. The molecule has 0 aromatic heterocycles. The second-order valence-electron chi connectivity index (χ2n) is 5.75. The fourth-order valence-electron chi connectivity index (χ4n) is 3.32. The van der Waals surface area contributed by atoms with E-state index in [9.17, 15) is 19.8 Å². The minimum absolute atomic E-state index is 0.0148. The third-order valence-electron chi connectivity index (χ3n) is 4.39. The molecule has 7 nitrogen and oxygen atoms in total. The molecule has 128 valence electrons. The summed E-state index contributed by atoms with van der Waals surface area (Å²) in [5.41, 5.74) is -4.18. The Morgan fingerprint density at radius 2 is 1.96 bits per heavy atom. The number of nitrogens with one attached hydrogen (secondary N) is 1. The summed E-state index contributed by atoms with van der Waals surface area (Å²) in [6.07, 6.45) is 0. The molecule has 1 heterocycles. The van der Waals surface area contributed by atoms with Crippen molar-refractivity contribution in [3.63, 3.8) is 0 Å². The molecule has 1 aromatic rings. The van der Waals surface area contributed by atoms with Crippen LogP contribution in [0.2, 0.25) is 0 Å². The van der Waals surface area contributed by atoms with Crippen LogP contribution in [0, 0.1) is 0 Å². The van der Waals surface area contributed by atoms with Crippen LogP contribution in [-0.4, -0.2) is 47.4 Å². The number of ketones is 1.